The Balaban J connectivity index is 4.41. The third kappa shape index (κ3) is 6.78. The van der Waals surface area contributed by atoms with Gasteiger partial charge in [-0.15, -0.1) is 0 Å². The molecule has 0 heterocycles. The van der Waals surface area contributed by atoms with E-state index >= 15 is 0 Å². The standard InChI is InChI=1S/C14H21O4/c1-5-9-12(18-14(16)8-4)10-11(6-2)17-13(15)7-3/h7-8,11-12H,2-6,9-10H2,1H3/q+1. The van der Waals surface area contributed by atoms with Gasteiger partial charge in [-0.1, -0.05) is 26.5 Å². The molecule has 0 saturated heterocycles. The fourth-order valence-electron chi connectivity index (χ4n) is 1.49. The predicted molar refractivity (Wildman–Crippen MR) is 69.7 cm³/mol. The van der Waals surface area contributed by atoms with Crippen molar-refractivity contribution in [1.82, 2.24) is 0 Å². The Kier molecular flexibility index (Phi) is 8.45. The van der Waals surface area contributed by atoms with E-state index in [0.29, 0.717) is 19.3 Å². The predicted octanol–water partition coefficient (Wildman–Crippen LogP) is 2.60. The van der Waals surface area contributed by atoms with Gasteiger partial charge in [-0.25, -0.2) is 9.59 Å². The van der Waals surface area contributed by atoms with Crippen LogP contribution in [0.1, 0.15) is 32.6 Å². The second kappa shape index (κ2) is 9.33. The molecule has 100 valence electrons. The van der Waals surface area contributed by atoms with Crippen molar-refractivity contribution < 1.29 is 19.1 Å². The summed E-state index contributed by atoms with van der Waals surface area (Å²) in [6, 6.07) is 0. The van der Waals surface area contributed by atoms with Crippen LogP contribution in [0, 0.1) is 6.92 Å². The van der Waals surface area contributed by atoms with Gasteiger partial charge in [0.2, 0.25) is 0 Å². The first-order valence-corrected chi connectivity index (χ1v) is 6.02. The van der Waals surface area contributed by atoms with Crippen LogP contribution in [0.25, 0.3) is 0 Å². The quantitative estimate of drug-likeness (QED) is 0.360. The van der Waals surface area contributed by atoms with Crippen molar-refractivity contribution in [3.8, 4) is 0 Å². The number of hydrogen-bond donors (Lipinski definition) is 0. The van der Waals surface area contributed by atoms with E-state index in [0.717, 1.165) is 18.6 Å². The molecule has 4 nitrogen and oxygen atoms in total. The minimum Gasteiger partial charge on any atom is -0.459 e. The Labute approximate surface area is 109 Å². The fraction of sp³-hybridized carbons (Fsp3) is 0.500. The molecule has 0 rings (SSSR count). The Hall–Kier alpha value is -1.71. The van der Waals surface area contributed by atoms with Crippen molar-refractivity contribution in [2.75, 3.05) is 0 Å². The van der Waals surface area contributed by atoms with Crippen LogP contribution >= 0.6 is 0 Å². The number of carbonyl (C=O) groups excluding carboxylic acids is 2. The lowest BCUT2D eigenvalue weighted by molar-refractivity contribution is -0.149. The molecule has 0 bridgehead atoms. The molecule has 4 heteroatoms. The van der Waals surface area contributed by atoms with E-state index in [-0.39, 0.29) is 12.2 Å². The van der Waals surface area contributed by atoms with E-state index in [4.69, 9.17) is 9.47 Å². The van der Waals surface area contributed by atoms with E-state index in [1.54, 1.807) is 0 Å². The SMILES string of the molecule is C=CC(=O)OC(C[CH2+])CC(CCC)OC(=O)C=C. The van der Waals surface area contributed by atoms with Crippen molar-refractivity contribution >= 4 is 11.9 Å². The molecule has 0 N–H and O–H groups in total. The monoisotopic (exact) mass is 253 g/mol. The molecule has 0 aliphatic heterocycles. The molecule has 18 heavy (non-hydrogen) atoms. The van der Waals surface area contributed by atoms with E-state index in [1.165, 1.54) is 0 Å². The summed E-state index contributed by atoms with van der Waals surface area (Å²) < 4.78 is 10.3. The molecule has 0 saturated carbocycles. The van der Waals surface area contributed by atoms with Crippen molar-refractivity contribution in [3.63, 3.8) is 0 Å². The summed E-state index contributed by atoms with van der Waals surface area (Å²) in [5.41, 5.74) is 0. The van der Waals surface area contributed by atoms with E-state index in [1.807, 2.05) is 6.92 Å². The van der Waals surface area contributed by atoms with Gasteiger partial charge in [-0.3, -0.25) is 0 Å². The van der Waals surface area contributed by atoms with E-state index < -0.39 is 11.9 Å². The van der Waals surface area contributed by atoms with Crippen LogP contribution in [0.2, 0.25) is 0 Å². The number of carbonyl (C=O) groups is 2. The maximum Gasteiger partial charge on any atom is 0.330 e. The summed E-state index contributed by atoms with van der Waals surface area (Å²) in [4.78, 5) is 22.3. The molecule has 0 aliphatic carbocycles. The summed E-state index contributed by atoms with van der Waals surface area (Å²) in [5, 5.41) is 0. The van der Waals surface area contributed by atoms with Gasteiger partial charge in [-0.05, 0) is 6.42 Å². The van der Waals surface area contributed by atoms with Gasteiger partial charge in [0.1, 0.15) is 18.6 Å². The molecule has 2 unspecified atom stereocenters. The first-order chi connectivity index (χ1) is 8.57. The Morgan fingerprint density at radius 1 is 1.17 bits per heavy atom. The molecule has 0 amide bonds. The van der Waals surface area contributed by atoms with Crippen LogP contribution in [0.4, 0.5) is 0 Å². The van der Waals surface area contributed by atoms with Gasteiger partial charge in [0, 0.05) is 18.6 Å². The van der Waals surface area contributed by atoms with Crippen LogP contribution in [0.3, 0.4) is 0 Å². The largest absolute Gasteiger partial charge is 0.459 e. The Bertz CT molecular complexity index is 296. The summed E-state index contributed by atoms with van der Waals surface area (Å²) >= 11 is 0. The fourth-order valence-corrected chi connectivity index (χ4v) is 1.49. The average molecular weight is 253 g/mol. The van der Waals surface area contributed by atoms with Gasteiger partial charge >= 0.3 is 11.9 Å². The third-order valence-electron chi connectivity index (χ3n) is 2.36. The molecule has 0 aromatic heterocycles. The maximum atomic E-state index is 11.2. The molecule has 0 aromatic carbocycles. The highest BCUT2D eigenvalue weighted by molar-refractivity contribution is 5.81. The van der Waals surface area contributed by atoms with Crippen LogP contribution in [-0.2, 0) is 19.1 Å². The smallest absolute Gasteiger partial charge is 0.330 e. The van der Waals surface area contributed by atoms with Gasteiger partial charge in [0.05, 0.1) is 6.92 Å². The second-order valence-corrected chi connectivity index (χ2v) is 3.84. The number of hydrogen-bond acceptors (Lipinski definition) is 4. The molecule has 0 radical (unpaired) electrons. The second-order valence-electron chi connectivity index (χ2n) is 3.84. The minimum absolute atomic E-state index is 0.287. The molecular formula is C14H21O4+. The van der Waals surface area contributed by atoms with Crippen molar-refractivity contribution in [3.05, 3.63) is 32.2 Å². The van der Waals surface area contributed by atoms with Crippen LogP contribution in [0.15, 0.2) is 25.3 Å². The molecule has 0 fully saturated rings. The highest BCUT2D eigenvalue weighted by Crippen LogP contribution is 2.15. The Morgan fingerprint density at radius 2 is 1.67 bits per heavy atom. The molecular weight excluding hydrogens is 232 g/mol. The first-order valence-electron chi connectivity index (χ1n) is 6.02. The molecule has 0 aromatic rings. The summed E-state index contributed by atoms with van der Waals surface area (Å²) in [6.07, 6.45) is 4.01. The zero-order chi connectivity index (χ0) is 14.0. The molecule has 0 aliphatic rings. The molecule has 2 atom stereocenters. The van der Waals surface area contributed by atoms with Crippen molar-refractivity contribution in [2.24, 2.45) is 0 Å². The Morgan fingerprint density at radius 3 is 2.06 bits per heavy atom. The van der Waals surface area contributed by atoms with Gasteiger partial charge in [0.25, 0.3) is 0 Å². The van der Waals surface area contributed by atoms with Crippen molar-refractivity contribution in [1.29, 1.82) is 0 Å². The topological polar surface area (TPSA) is 52.6 Å². The van der Waals surface area contributed by atoms with Crippen LogP contribution < -0.4 is 0 Å². The highest BCUT2D eigenvalue weighted by Gasteiger charge is 2.22. The van der Waals surface area contributed by atoms with E-state index in [2.05, 4.69) is 20.1 Å². The number of esters is 2. The first kappa shape index (κ1) is 16.3. The zero-order valence-electron chi connectivity index (χ0n) is 10.9. The van der Waals surface area contributed by atoms with Gasteiger partial charge in [0.15, 0.2) is 0 Å². The summed E-state index contributed by atoms with van der Waals surface area (Å²) in [5.74, 6) is -0.958. The van der Waals surface area contributed by atoms with Crippen LogP contribution in [-0.4, -0.2) is 24.1 Å². The lowest BCUT2D eigenvalue weighted by Crippen LogP contribution is -2.26. The zero-order valence-corrected chi connectivity index (χ0v) is 10.9. The number of rotatable bonds is 9. The number of ether oxygens (including phenoxy) is 2. The minimum atomic E-state index is -0.492. The summed E-state index contributed by atoms with van der Waals surface area (Å²) in [6.45, 7) is 12.4. The van der Waals surface area contributed by atoms with Crippen molar-refractivity contribution in [2.45, 2.75) is 44.8 Å². The third-order valence-corrected chi connectivity index (χ3v) is 2.36. The van der Waals surface area contributed by atoms with Gasteiger partial charge in [-0.2, -0.15) is 0 Å². The normalized spacial score (nSPS) is 13.2. The average Bonchev–Trinajstić information content (AvgIpc) is 2.37. The lowest BCUT2D eigenvalue weighted by Gasteiger charge is -2.20. The maximum absolute atomic E-state index is 11.2. The lowest BCUT2D eigenvalue weighted by atomic mass is 10.1. The van der Waals surface area contributed by atoms with Gasteiger partial charge < -0.3 is 9.47 Å². The summed E-state index contributed by atoms with van der Waals surface area (Å²) in [7, 11) is 0. The highest BCUT2D eigenvalue weighted by atomic mass is 16.6. The van der Waals surface area contributed by atoms with E-state index in [9.17, 15) is 9.59 Å². The molecule has 0 spiro atoms. The van der Waals surface area contributed by atoms with Crippen LogP contribution in [0.5, 0.6) is 0 Å².